The van der Waals surface area contributed by atoms with Crippen LogP contribution in [0.5, 0.6) is 17.2 Å². The minimum atomic E-state index is -0.632. The van der Waals surface area contributed by atoms with Crippen LogP contribution in [0.25, 0.3) is 12.2 Å². The Morgan fingerprint density at radius 3 is 1.90 bits per heavy atom. The van der Waals surface area contributed by atoms with Crippen LogP contribution in [0, 0.1) is 11.8 Å². The van der Waals surface area contributed by atoms with Gasteiger partial charge >= 0.3 is 11.9 Å². The van der Waals surface area contributed by atoms with Gasteiger partial charge in [-0.15, -0.1) is 0 Å². The fourth-order valence-corrected chi connectivity index (χ4v) is 6.40. The lowest BCUT2D eigenvalue weighted by atomic mass is 9.86. The van der Waals surface area contributed by atoms with Gasteiger partial charge in [0.05, 0.1) is 5.92 Å². The van der Waals surface area contributed by atoms with E-state index in [4.69, 9.17) is 14.6 Å². The molecule has 1 aliphatic heterocycles. The predicted octanol–water partition coefficient (Wildman–Crippen LogP) is 9.86. The van der Waals surface area contributed by atoms with Crippen molar-refractivity contribution in [3.05, 3.63) is 53.6 Å². The standard InChI is InChI=1S/C29H53NO5.C14H12O3/c1-5-7-9-11-12-13-14-15-16-18-24(34-29(33)26(30-22-31)20-23(3)4)21-27-25(28(32)35-27)19-17-10-8-6-2;15-12-5-3-10(4-6-12)1-2-11-7-13(16)9-14(17)8-11/h22-27H,5-21H2,1-4H3,(H,30,31);1-9,15-17H/b;2-1+/t24-,25-,26-,27-;/m0./s1. The van der Waals surface area contributed by atoms with E-state index in [1.165, 1.54) is 63.9 Å². The normalized spacial score (nSPS) is 16.4. The zero-order chi connectivity index (χ0) is 38.1. The first-order valence-electron chi connectivity index (χ1n) is 19.7. The summed E-state index contributed by atoms with van der Waals surface area (Å²) in [6, 6.07) is 10.5. The number of nitrogens with one attached hydrogen (secondary N) is 1. The first-order valence-corrected chi connectivity index (χ1v) is 19.7. The van der Waals surface area contributed by atoms with Crippen LogP contribution < -0.4 is 5.32 Å². The smallest absolute Gasteiger partial charge is 0.328 e. The van der Waals surface area contributed by atoms with Crippen LogP contribution in [0.15, 0.2) is 42.5 Å². The number of phenols is 3. The quantitative estimate of drug-likeness (QED) is 0.0343. The van der Waals surface area contributed by atoms with Crippen molar-refractivity contribution in [1.29, 1.82) is 0 Å². The molecule has 1 amide bonds. The van der Waals surface area contributed by atoms with Gasteiger partial charge in [-0.25, -0.2) is 4.79 Å². The minimum Gasteiger partial charge on any atom is -0.508 e. The van der Waals surface area contributed by atoms with Gasteiger partial charge in [0, 0.05) is 12.5 Å². The van der Waals surface area contributed by atoms with Crippen molar-refractivity contribution in [3.8, 4) is 17.2 Å². The highest BCUT2D eigenvalue weighted by Gasteiger charge is 2.43. The predicted molar refractivity (Wildman–Crippen MR) is 208 cm³/mol. The molecule has 1 heterocycles. The molecule has 9 heteroatoms. The van der Waals surface area contributed by atoms with Crippen LogP contribution in [0.2, 0.25) is 0 Å². The van der Waals surface area contributed by atoms with E-state index >= 15 is 0 Å². The average Bonchev–Trinajstić information content (AvgIpc) is 3.09. The number of amides is 1. The third kappa shape index (κ3) is 18.5. The van der Waals surface area contributed by atoms with Crippen LogP contribution in [-0.2, 0) is 23.9 Å². The maximum atomic E-state index is 12.9. The Bertz CT molecular complexity index is 1300. The lowest BCUT2D eigenvalue weighted by Crippen LogP contribution is -2.48. The average molecular weight is 724 g/mol. The zero-order valence-corrected chi connectivity index (χ0v) is 32.1. The number of phenolic OH excluding ortho intramolecular Hbond substituents is 3. The second-order valence-electron chi connectivity index (χ2n) is 14.5. The molecule has 3 rings (SSSR count). The van der Waals surface area contributed by atoms with Crippen molar-refractivity contribution < 1.29 is 39.2 Å². The number of hydrogen-bond donors (Lipinski definition) is 4. The van der Waals surface area contributed by atoms with E-state index < -0.39 is 6.04 Å². The first kappa shape index (κ1) is 44.2. The Kier molecular flexibility index (Phi) is 22.0. The van der Waals surface area contributed by atoms with Crippen molar-refractivity contribution in [2.24, 2.45) is 11.8 Å². The summed E-state index contributed by atoms with van der Waals surface area (Å²) >= 11 is 0. The summed E-state index contributed by atoms with van der Waals surface area (Å²) in [6.07, 6.45) is 22.1. The Morgan fingerprint density at radius 1 is 0.788 bits per heavy atom. The number of aromatic hydroxyl groups is 3. The van der Waals surface area contributed by atoms with Gasteiger partial charge in [-0.3, -0.25) is 9.59 Å². The summed E-state index contributed by atoms with van der Waals surface area (Å²) in [5.41, 5.74) is 1.63. The zero-order valence-electron chi connectivity index (χ0n) is 32.1. The molecule has 1 saturated heterocycles. The molecule has 0 saturated carbocycles. The molecule has 4 atom stereocenters. The largest absolute Gasteiger partial charge is 0.508 e. The van der Waals surface area contributed by atoms with E-state index in [1.807, 2.05) is 19.9 Å². The fraction of sp³-hybridized carbons (Fsp3) is 0.605. The summed E-state index contributed by atoms with van der Waals surface area (Å²) in [4.78, 5) is 36.0. The molecular formula is C43H65NO8. The van der Waals surface area contributed by atoms with E-state index in [9.17, 15) is 24.6 Å². The molecule has 2 aromatic rings. The summed E-state index contributed by atoms with van der Waals surface area (Å²) in [7, 11) is 0. The molecule has 0 bridgehead atoms. The first-order chi connectivity index (χ1) is 25.1. The lowest BCUT2D eigenvalue weighted by molar-refractivity contribution is -0.190. The van der Waals surface area contributed by atoms with Gasteiger partial charge in [0.25, 0.3) is 0 Å². The van der Waals surface area contributed by atoms with Crippen LogP contribution in [0.3, 0.4) is 0 Å². The van der Waals surface area contributed by atoms with Gasteiger partial charge in [0.1, 0.15) is 35.5 Å². The second kappa shape index (κ2) is 25.9. The molecule has 4 N–H and O–H groups in total. The molecule has 1 fully saturated rings. The molecule has 9 nitrogen and oxygen atoms in total. The van der Waals surface area contributed by atoms with Gasteiger partial charge < -0.3 is 30.1 Å². The molecule has 0 spiro atoms. The minimum absolute atomic E-state index is 0.0235. The van der Waals surface area contributed by atoms with Crippen molar-refractivity contribution in [1.82, 2.24) is 5.32 Å². The topological polar surface area (TPSA) is 142 Å². The van der Waals surface area contributed by atoms with Gasteiger partial charge in [0.2, 0.25) is 6.41 Å². The fourth-order valence-electron chi connectivity index (χ4n) is 6.40. The Labute approximate surface area is 312 Å². The molecule has 52 heavy (non-hydrogen) atoms. The number of rotatable bonds is 25. The molecule has 0 radical (unpaired) electrons. The number of carbonyl (C=O) groups is 3. The third-order valence-electron chi connectivity index (χ3n) is 9.34. The maximum absolute atomic E-state index is 12.9. The van der Waals surface area contributed by atoms with Gasteiger partial charge in [-0.2, -0.15) is 0 Å². The number of unbranched alkanes of at least 4 members (excludes halogenated alkanes) is 11. The number of esters is 2. The molecular weight excluding hydrogens is 658 g/mol. The van der Waals surface area contributed by atoms with Crippen LogP contribution in [0.1, 0.15) is 148 Å². The van der Waals surface area contributed by atoms with Crippen molar-refractivity contribution in [2.45, 2.75) is 155 Å². The highest BCUT2D eigenvalue weighted by Crippen LogP contribution is 2.33. The molecule has 0 unspecified atom stereocenters. The van der Waals surface area contributed by atoms with Gasteiger partial charge in [-0.1, -0.05) is 129 Å². The maximum Gasteiger partial charge on any atom is 0.328 e. The van der Waals surface area contributed by atoms with E-state index in [-0.39, 0.29) is 53.2 Å². The summed E-state index contributed by atoms with van der Waals surface area (Å²) in [5.74, 6) is -0.0358. The SMILES string of the molecule is CCCCCCCCCCC[C@@H](C[C@@H]1OC(=O)[C@H]1CCCCCC)OC(=O)[C@H](CC(C)C)NC=O.Oc1ccc(/C=C/c2cc(O)cc(O)c2)cc1. The van der Waals surface area contributed by atoms with Crippen molar-refractivity contribution in [3.63, 3.8) is 0 Å². The molecule has 290 valence electrons. The summed E-state index contributed by atoms with van der Waals surface area (Å²) in [5, 5.41) is 30.3. The molecule has 0 aliphatic carbocycles. The van der Waals surface area contributed by atoms with Crippen LogP contribution in [-0.4, -0.2) is 51.9 Å². The van der Waals surface area contributed by atoms with E-state index in [2.05, 4.69) is 19.2 Å². The van der Waals surface area contributed by atoms with Crippen LogP contribution >= 0.6 is 0 Å². The Hall–Kier alpha value is -4.01. The third-order valence-corrected chi connectivity index (χ3v) is 9.34. The number of hydrogen-bond acceptors (Lipinski definition) is 8. The molecule has 1 aliphatic rings. The second-order valence-corrected chi connectivity index (χ2v) is 14.5. The van der Waals surface area contributed by atoms with E-state index in [0.29, 0.717) is 24.8 Å². The highest BCUT2D eigenvalue weighted by molar-refractivity contribution is 5.79. The van der Waals surface area contributed by atoms with Gasteiger partial charge in [0.15, 0.2) is 0 Å². The number of cyclic esters (lactones) is 1. The number of benzene rings is 2. The van der Waals surface area contributed by atoms with E-state index in [0.717, 1.165) is 44.1 Å². The van der Waals surface area contributed by atoms with Gasteiger partial charge in [-0.05, 0) is 67.0 Å². The number of carbonyl (C=O) groups excluding carboxylic acids is 3. The Morgan fingerprint density at radius 2 is 1.35 bits per heavy atom. The van der Waals surface area contributed by atoms with Crippen molar-refractivity contribution in [2.75, 3.05) is 0 Å². The highest BCUT2D eigenvalue weighted by atomic mass is 16.6. The molecule has 0 aromatic heterocycles. The Balaban J connectivity index is 0.000000455. The lowest BCUT2D eigenvalue weighted by Gasteiger charge is -2.37. The summed E-state index contributed by atoms with van der Waals surface area (Å²) in [6.45, 7) is 8.45. The van der Waals surface area contributed by atoms with Crippen LogP contribution in [0.4, 0.5) is 0 Å². The number of ether oxygens (including phenoxy) is 2. The summed E-state index contributed by atoms with van der Waals surface area (Å²) < 4.78 is 11.4. The van der Waals surface area contributed by atoms with Crippen molar-refractivity contribution >= 4 is 30.5 Å². The molecule has 2 aromatic carbocycles. The monoisotopic (exact) mass is 723 g/mol. The van der Waals surface area contributed by atoms with E-state index in [1.54, 1.807) is 42.5 Å².